The summed E-state index contributed by atoms with van der Waals surface area (Å²) in [6.07, 6.45) is 12.2. The van der Waals surface area contributed by atoms with Gasteiger partial charge in [-0.05, 0) is 152 Å². The van der Waals surface area contributed by atoms with Crippen molar-refractivity contribution in [3.05, 3.63) is 166 Å². The van der Waals surface area contributed by atoms with E-state index < -0.39 is 5.60 Å². The summed E-state index contributed by atoms with van der Waals surface area (Å²) in [6.45, 7) is 7.20. The molecule has 1 amide bonds. The molecule has 2 aliphatic heterocycles. The number of amides is 1. The molecule has 6 aromatic heterocycles. The molecule has 14 heteroatoms. The number of fused-ring (bicyclic) bond motifs is 2. The summed E-state index contributed by atoms with van der Waals surface area (Å²) in [6, 6.07) is 28.7. The Morgan fingerprint density at radius 1 is 0.645 bits per heavy atom. The maximum absolute atomic E-state index is 13.4. The third-order valence-corrected chi connectivity index (χ3v) is 14.0. The lowest BCUT2D eigenvalue weighted by atomic mass is 9.88. The Balaban J connectivity index is 0.000000161. The molecule has 0 saturated heterocycles. The van der Waals surface area contributed by atoms with Gasteiger partial charge in [0.1, 0.15) is 5.60 Å². The van der Waals surface area contributed by atoms with Gasteiger partial charge in [-0.1, -0.05) is 35.3 Å². The van der Waals surface area contributed by atoms with Crippen LogP contribution in [0.5, 0.6) is 0 Å². The summed E-state index contributed by atoms with van der Waals surface area (Å²) in [5, 5.41) is 16.1. The molecule has 10 rings (SSSR count). The van der Waals surface area contributed by atoms with E-state index in [9.17, 15) is 4.79 Å². The van der Waals surface area contributed by atoms with Crippen molar-refractivity contribution in [3.63, 3.8) is 0 Å². The van der Waals surface area contributed by atoms with Gasteiger partial charge >= 0.3 is 6.09 Å². The van der Waals surface area contributed by atoms with E-state index in [4.69, 9.17) is 27.9 Å². The zero-order chi connectivity index (χ0) is 43.0. The van der Waals surface area contributed by atoms with E-state index in [-0.39, 0.29) is 18.2 Å². The van der Waals surface area contributed by atoms with Crippen LogP contribution >= 0.6 is 45.9 Å². The molecular weight excluding hydrogens is 856 g/mol. The Bertz CT molecular complexity index is 2800. The number of rotatable bonds is 6. The molecule has 314 valence electrons. The van der Waals surface area contributed by atoms with Crippen molar-refractivity contribution in [1.82, 2.24) is 40.2 Å². The normalized spacial score (nSPS) is 16.3. The van der Waals surface area contributed by atoms with Gasteiger partial charge in [0.2, 0.25) is 0 Å². The number of nitrogens with one attached hydrogen (secondary N) is 2. The number of aromatic nitrogens is 6. The Hall–Kier alpha value is -5.63. The predicted molar refractivity (Wildman–Crippen MR) is 250 cm³/mol. The van der Waals surface area contributed by atoms with Crippen LogP contribution in [0.1, 0.15) is 66.2 Å². The maximum atomic E-state index is 13.4. The Morgan fingerprint density at radius 3 is 1.61 bits per heavy atom. The number of carbonyl (C=O) groups excluding carboxylic acids is 1. The first-order valence-electron chi connectivity index (χ1n) is 20.3. The number of nitrogens with zero attached hydrogens (tertiary/aromatic N) is 6. The lowest BCUT2D eigenvalue weighted by Gasteiger charge is -2.38. The van der Waals surface area contributed by atoms with Crippen molar-refractivity contribution in [1.29, 1.82) is 0 Å². The number of H-pyrrole nitrogens is 2. The molecule has 0 bridgehead atoms. The highest BCUT2D eigenvalue weighted by Crippen LogP contribution is 2.48. The van der Waals surface area contributed by atoms with E-state index in [0.29, 0.717) is 18.0 Å². The fourth-order valence-corrected chi connectivity index (χ4v) is 11.0. The monoisotopic (exact) mass is 898 g/mol. The lowest BCUT2D eigenvalue weighted by Crippen LogP contribution is -2.43. The van der Waals surface area contributed by atoms with Crippen LogP contribution in [0.15, 0.2) is 122 Å². The zero-order valence-corrected chi connectivity index (χ0v) is 37.7. The molecule has 8 heterocycles. The van der Waals surface area contributed by atoms with E-state index in [2.05, 4.69) is 78.7 Å². The third-order valence-electron chi connectivity index (χ3n) is 11.1. The van der Waals surface area contributed by atoms with Crippen molar-refractivity contribution in [2.75, 3.05) is 20.1 Å². The number of ether oxygens (including phenoxy) is 1. The first-order chi connectivity index (χ1) is 30.0. The lowest BCUT2D eigenvalue weighted by molar-refractivity contribution is 0.0179. The van der Waals surface area contributed by atoms with Gasteiger partial charge in [0, 0.05) is 75.6 Å². The minimum absolute atomic E-state index is 0.186. The van der Waals surface area contributed by atoms with Crippen LogP contribution in [0, 0.1) is 0 Å². The van der Waals surface area contributed by atoms with Crippen LogP contribution in [0.25, 0.3) is 42.0 Å². The molecule has 10 nitrogen and oxygen atoms in total. The fraction of sp³-hybridized carbons (Fsp3) is 0.229. The maximum Gasteiger partial charge on any atom is 0.411 e. The van der Waals surface area contributed by atoms with E-state index in [1.807, 2.05) is 92.8 Å². The van der Waals surface area contributed by atoms with Gasteiger partial charge < -0.3 is 4.74 Å². The number of thiophene rings is 2. The number of pyridine rings is 2. The molecule has 2 N–H and O–H groups in total. The average molecular weight is 900 g/mol. The summed E-state index contributed by atoms with van der Waals surface area (Å²) in [5.74, 6) is 0. The highest BCUT2D eigenvalue weighted by molar-refractivity contribution is 7.19. The number of likely N-dealkylation sites (N-methyl/N-ethyl adjacent to an activating group) is 1. The third kappa shape index (κ3) is 8.71. The molecule has 0 spiro atoms. The number of hydrogen-bond donors (Lipinski definition) is 2. The van der Waals surface area contributed by atoms with Gasteiger partial charge in [0.05, 0.1) is 33.2 Å². The van der Waals surface area contributed by atoms with Crippen molar-refractivity contribution < 1.29 is 9.53 Å². The van der Waals surface area contributed by atoms with Crippen molar-refractivity contribution in [2.45, 2.75) is 51.3 Å². The second kappa shape index (κ2) is 17.6. The number of aromatic amines is 2. The van der Waals surface area contributed by atoms with Crippen LogP contribution in [0.3, 0.4) is 0 Å². The summed E-state index contributed by atoms with van der Waals surface area (Å²) in [7, 11) is 2.20. The molecule has 2 aromatic carbocycles. The molecule has 2 unspecified atom stereocenters. The Labute approximate surface area is 378 Å². The largest absolute Gasteiger partial charge is 0.444 e. The molecule has 0 fully saturated rings. The summed E-state index contributed by atoms with van der Waals surface area (Å²) >= 11 is 16.1. The minimum atomic E-state index is -0.592. The topological polar surface area (TPSA) is 116 Å². The van der Waals surface area contributed by atoms with E-state index in [0.717, 1.165) is 61.4 Å². The van der Waals surface area contributed by atoms with Gasteiger partial charge in [0.25, 0.3) is 0 Å². The molecule has 0 saturated carbocycles. The van der Waals surface area contributed by atoms with Crippen molar-refractivity contribution in [2.24, 2.45) is 0 Å². The molecular formula is C48H44Cl2N8O2S2. The average Bonchev–Trinajstić information content (AvgIpc) is 4.11. The first kappa shape index (κ1) is 41.7. The van der Waals surface area contributed by atoms with Crippen LogP contribution in [0.2, 0.25) is 10.0 Å². The standard InChI is InChI=1S/C26H25ClN4O2S.C22H19ClN4S/c1-26(2,3)33-25(32)31-13-9-17-14-18(27)4-5-19(17)23(31)20-15-22(16-6-10-28-11-7-16)34-24(20)21-8-12-29-30-21;1-27-11-7-15-12-16(23)2-3-17(15)21(27)18-13-20(14-4-8-24-9-5-14)28-22(18)19-6-10-25-26-19/h4-8,10-12,14-15,23H,9,13H2,1-3H3,(H,29,30);2-6,8-10,12-13,21H,7,11H2,1H3,(H,25,26). The number of carbonyl (C=O) groups is 1. The molecule has 2 aliphatic rings. The van der Waals surface area contributed by atoms with Crippen molar-refractivity contribution >= 4 is 52.0 Å². The number of benzene rings is 2. The van der Waals surface area contributed by atoms with Gasteiger partial charge in [0.15, 0.2) is 0 Å². The predicted octanol–water partition coefficient (Wildman–Crippen LogP) is 12.2. The Kier molecular flexibility index (Phi) is 11.9. The van der Waals surface area contributed by atoms with Gasteiger partial charge in [-0.2, -0.15) is 10.2 Å². The Morgan fingerprint density at radius 2 is 1.13 bits per heavy atom. The highest BCUT2D eigenvalue weighted by atomic mass is 35.5. The zero-order valence-electron chi connectivity index (χ0n) is 34.6. The van der Waals surface area contributed by atoms with Gasteiger partial charge in [-0.3, -0.25) is 30.0 Å². The highest BCUT2D eigenvalue weighted by Gasteiger charge is 2.37. The van der Waals surface area contributed by atoms with Crippen molar-refractivity contribution in [3.8, 4) is 42.0 Å². The van der Waals surface area contributed by atoms with Crippen LogP contribution < -0.4 is 0 Å². The molecule has 0 aliphatic carbocycles. The van der Waals surface area contributed by atoms with Crippen LogP contribution in [-0.2, 0) is 17.6 Å². The number of hydrogen-bond acceptors (Lipinski definition) is 9. The summed E-state index contributed by atoms with van der Waals surface area (Å²) < 4.78 is 5.83. The minimum Gasteiger partial charge on any atom is -0.444 e. The second-order valence-electron chi connectivity index (χ2n) is 16.3. The smallest absolute Gasteiger partial charge is 0.411 e. The van der Waals surface area contributed by atoms with E-state index in [1.54, 1.807) is 41.3 Å². The SMILES string of the molecule is CC(C)(C)OC(=O)N1CCc2cc(Cl)ccc2C1c1cc(-c2ccncc2)sc1-c1ccn[nH]1.CN1CCc2cc(Cl)ccc2C1c1cc(-c2ccncc2)sc1-c1ccn[nH]1. The second-order valence-corrected chi connectivity index (χ2v) is 19.3. The molecule has 2 atom stereocenters. The molecule has 0 radical (unpaired) electrons. The van der Waals surface area contributed by atoms with E-state index in [1.165, 1.54) is 32.0 Å². The fourth-order valence-electron chi connectivity index (χ4n) is 8.29. The summed E-state index contributed by atoms with van der Waals surface area (Å²) in [5.41, 5.74) is 10.8. The van der Waals surface area contributed by atoms with Crippen LogP contribution in [0.4, 0.5) is 4.79 Å². The molecule has 8 aromatic rings. The van der Waals surface area contributed by atoms with Gasteiger partial charge in [-0.25, -0.2) is 4.79 Å². The van der Waals surface area contributed by atoms with E-state index >= 15 is 0 Å². The molecule has 62 heavy (non-hydrogen) atoms. The first-order valence-corrected chi connectivity index (χ1v) is 22.7. The number of halogens is 2. The summed E-state index contributed by atoms with van der Waals surface area (Å²) in [4.78, 5) is 30.6. The van der Waals surface area contributed by atoms with Crippen LogP contribution in [-0.4, -0.2) is 72.0 Å². The van der Waals surface area contributed by atoms with Gasteiger partial charge in [-0.15, -0.1) is 22.7 Å². The quantitative estimate of drug-likeness (QED) is 0.171.